The fraction of sp³-hybridized carbons (Fsp3) is 1.00. The van der Waals surface area contributed by atoms with Crippen LogP contribution in [0.25, 0.3) is 0 Å². The molecule has 0 aromatic carbocycles. The molecule has 0 heterocycles. The largest absolute Gasteiger partial charge is 0.394 e. The Morgan fingerprint density at radius 2 is 2.08 bits per heavy atom. The fourth-order valence-electron chi connectivity index (χ4n) is 0.797. The molecular weight excluding hydrogens is 170 g/mol. The van der Waals surface area contributed by atoms with Crippen LogP contribution in [0.3, 0.4) is 0 Å². The van der Waals surface area contributed by atoms with Crippen molar-refractivity contribution in [1.82, 2.24) is 5.32 Å². The molecule has 0 aliphatic rings. The van der Waals surface area contributed by atoms with Crippen molar-refractivity contribution in [3.63, 3.8) is 0 Å². The molecule has 0 saturated carbocycles. The lowest BCUT2D eigenvalue weighted by Gasteiger charge is -2.10. The van der Waals surface area contributed by atoms with Crippen LogP contribution in [0, 0.1) is 5.92 Å². The van der Waals surface area contributed by atoms with Crippen LogP contribution in [0.1, 0.15) is 13.8 Å². The van der Waals surface area contributed by atoms with Gasteiger partial charge in [-0.25, -0.2) is 0 Å². The molecule has 1 atom stereocenters. The molecule has 0 saturated heterocycles. The second kappa shape index (κ2) is 8.44. The summed E-state index contributed by atoms with van der Waals surface area (Å²) in [6.45, 7) is 6.55. The van der Waals surface area contributed by atoms with E-state index in [-0.39, 0.29) is 6.61 Å². The molecule has 0 spiro atoms. The van der Waals surface area contributed by atoms with Gasteiger partial charge in [0, 0.05) is 19.7 Å². The Morgan fingerprint density at radius 3 is 2.62 bits per heavy atom. The van der Waals surface area contributed by atoms with E-state index in [0.717, 1.165) is 6.61 Å². The summed E-state index contributed by atoms with van der Waals surface area (Å²) in [5, 5.41) is 20.4. The highest BCUT2D eigenvalue weighted by Gasteiger charge is 1.99. The Labute approximate surface area is 79.9 Å². The maximum atomic E-state index is 8.95. The van der Waals surface area contributed by atoms with E-state index in [1.54, 1.807) is 0 Å². The number of ether oxygens (including phenoxy) is 1. The van der Waals surface area contributed by atoms with E-state index in [4.69, 9.17) is 14.9 Å². The third-order valence-electron chi connectivity index (χ3n) is 1.47. The summed E-state index contributed by atoms with van der Waals surface area (Å²) in [4.78, 5) is 0. The van der Waals surface area contributed by atoms with Crippen molar-refractivity contribution < 1.29 is 14.9 Å². The Hall–Kier alpha value is -0.160. The van der Waals surface area contributed by atoms with Gasteiger partial charge in [-0.15, -0.1) is 0 Å². The molecule has 13 heavy (non-hydrogen) atoms. The zero-order valence-electron chi connectivity index (χ0n) is 8.49. The minimum atomic E-state index is -0.662. The minimum absolute atomic E-state index is 0.195. The van der Waals surface area contributed by atoms with Crippen LogP contribution in [-0.2, 0) is 4.74 Å². The van der Waals surface area contributed by atoms with Crippen molar-refractivity contribution in [2.24, 2.45) is 5.92 Å². The molecule has 0 aromatic rings. The number of aliphatic hydroxyl groups excluding tert-OH is 2. The van der Waals surface area contributed by atoms with Crippen LogP contribution in [0.2, 0.25) is 0 Å². The molecule has 0 aliphatic heterocycles. The van der Waals surface area contributed by atoms with Crippen molar-refractivity contribution >= 4 is 0 Å². The van der Waals surface area contributed by atoms with Gasteiger partial charge in [0.2, 0.25) is 0 Å². The van der Waals surface area contributed by atoms with Gasteiger partial charge in [-0.2, -0.15) is 0 Å². The molecule has 80 valence electrons. The molecule has 0 fully saturated rings. The Kier molecular flexibility index (Phi) is 8.33. The van der Waals surface area contributed by atoms with Gasteiger partial charge in [-0.1, -0.05) is 13.8 Å². The lowest BCUT2D eigenvalue weighted by molar-refractivity contribution is 0.0851. The molecule has 0 aromatic heterocycles. The number of nitrogens with one attached hydrogen (secondary N) is 1. The van der Waals surface area contributed by atoms with E-state index < -0.39 is 6.10 Å². The minimum Gasteiger partial charge on any atom is -0.394 e. The summed E-state index contributed by atoms with van der Waals surface area (Å²) in [5.41, 5.74) is 0. The maximum absolute atomic E-state index is 8.95. The van der Waals surface area contributed by atoms with Gasteiger partial charge in [0.25, 0.3) is 0 Å². The van der Waals surface area contributed by atoms with Crippen molar-refractivity contribution in [2.75, 3.05) is 32.9 Å². The van der Waals surface area contributed by atoms with Crippen LogP contribution < -0.4 is 5.32 Å². The van der Waals surface area contributed by atoms with E-state index in [0.29, 0.717) is 25.6 Å². The Morgan fingerprint density at radius 1 is 1.38 bits per heavy atom. The number of rotatable bonds is 8. The Balaban J connectivity index is 2.99. The number of hydrogen-bond donors (Lipinski definition) is 3. The van der Waals surface area contributed by atoms with Crippen molar-refractivity contribution in [2.45, 2.75) is 20.0 Å². The Bertz CT molecular complexity index is 109. The van der Waals surface area contributed by atoms with Crippen molar-refractivity contribution in [1.29, 1.82) is 0 Å². The molecule has 0 bridgehead atoms. The summed E-state index contributed by atoms with van der Waals surface area (Å²) in [7, 11) is 0. The predicted octanol–water partition coefficient (Wildman–Crippen LogP) is -0.398. The first-order valence-corrected chi connectivity index (χ1v) is 4.74. The lowest BCUT2D eigenvalue weighted by atomic mass is 10.2. The summed E-state index contributed by atoms with van der Waals surface area (Å²) in [6.07, 6.45) is -0.662. The average molecular weight is 191 g/mol. The van der Waals surface area contributed by atoms with Gasteiger partial charge in [0.05, 0.1) is 19.3 Å². The third kappa shape index (κ3) is 9.76. The second-order valence-electron chi connectivity index (χ2n) is 3.51. The van der Waals surface area contributed by atoms with Crippen LogP contribution in [0.15, 0.2) is 0 Å². The van der Waals surface area contributed by atoms with E-state index in [2.05, 4.69) is 19.2 Å². The van der Waals surface area contributed by atoms with Gasteiger partial charge in [0.15, 0.2) is 0 Å². The average Bonchev–Trinajstić information content (AvgIpc) is 2.10. The highest BCUT2D eigenvalue weighted by molar-refractivity contribution is 4.56. The number of hydrogen-bond acceptors (Lipinski definition) is 4. The van der Waals surface area contributed by atoms with Gasteiger partial charge in [-0.05, 0) is 5.92 Å². The highest BCUT2D eigenvalue weighted by atomic mass is 16.5. The zero-order valence-corrected chi connectivity index (χ0v) is 8.49. The van der Waals surface area contributed by atoms with E-state index in [9.17, 15) is 0 Å². The summed E-state index contributed by atoms with van der Waals surface area (Å²) >= 11 is 0. The molecule has 0 aliphatic carbocycles. The summed E-state index contributed by atoms with van der Waals surface area (Å²) in [6, 6.07) is 0. The van der Waals surface area contributed by atoms with Gasteiger partial charge in [0.1, 0.15) is 0 Å². The first-order chi connectivity index (χ1) is 6.16. The van der Waals surface area contributed by atoms with Gasteiger partial charge in [-0.3, -0.25) is 0 Å². The van der Waals surface area contributed by atoms with E-state index in [1.807, 2.05) is 0 Å². The number of aliphatic hydroxyl groups is 2. The zero-order chi connectivity index (χ0) is 10.1. The molecule has 3 N–H and O–H groups in total. The van der Waals surface area contributed by atoms with Crippen LogP contribution in [0.5, 0.6) is 0 Å². The van der Waals surface area contributed by atoms with Crippen LogP contribution in [0.4, 0.5) is 0 Å². The monoisotopic (exact) mass is 191 g/mol. The van der Waals surface area contributed by atoms with Crippen molar-refractivity contribution in [3.05, 3.63) is 0 Å². The molecule has 4 heteroatoms. The summed E-state index contributed by atoms with van der Waals surface area (Å²) < 4.78 is 5.30. The first-order valence-electron chi connectivity index (χ1n) is 4.74. The lowest BCUT2D eigenvalue weighted by Crippen LogP contribution is -2.31. The molecule has 4 nitrogen and oxygen atoms in total. The van der Waals surface area contributed by atoms with Crippen LogP contribution >= 0.6 is 0 Å². The first kappa shape index (κ1) is 12.8. The fourth-order valence-corrected chi connectivity index (χ4v) is 0.797. The molecular formula is C9H21NO3. The molecule has 0 radical (unpaired) electrons. The van der Waals surface area contributed by atoms with E-state index in [1.165, 1.54) is 0 Å². The maximum Gasteiger partial charge on any atom is 0.0894 e. The quantitative estimate of drug-likeness (QED) is 0.457. The van der Waals surface area contributed by atoms with Gasteiger partial charge < -0.3 is 20.3 Å². The topological polar surface area (TPSA) is 61.7 Å². The van der Waals surface area contributed by atoms with Crippen molar-refractivity contribution in [3.8, 4) is 0 Å². The highest BCUT2D eigenvalue weighted by Crippen LogP contribution is 1.90. The SMILES string of the molecule is CC(C)COCCNC[C@H](O)CO. The normalized spacial score (nSPS) is 13.6. The van der Waals surface area contributed by atoms with Gasteiger partial charge >= 0.3 is 0 Å². The standard InChI is InChI=1S/C9H21NO3/c1-8(2)7-13-4-3-10-5-9(12)6-11/h8-12H,3-7H2,1-2H3/t9-/m0/s1. The third-order valence-corrected chi connectivity index (χ3v) is 1.47. The summed E-state index contributed by atoms with van der Waals surface area (Å²) in [5.74, 6) is 0.558. The molecule has 0 unspecified atom stereocenters. The smallest absolute Gasteiger partial charge is 0.0894 e. The van der Waals surface area contributed by atoms with Crippen LogP contribution in [-0.4, -0.2) is 49.2 Å². The second-order valence-corrected chi connectivity index (χ2v) is 3.51. The molecule has 0 amide bonds. The molecule has 0 rings (SSSR count). The predicted molar refractivity (Wildman–Crippen MR) is 51.6 cm³/mol. The van der Waals surface area contributed by atoms with E-state index >= 15 is 0 Å².